The molecule has 3 nitrogen and oxygen atoms in total. The number of nitrogens with zero attached hydrogens (tertiary/aromatic N) is 1. The fourth-order valence-corrected chi connectivity index (χ4v) is 3.14. The van der Waals surface area contributed by atoms with E-state index in [0.717, 1.165) is 14.2 Å². The molecule has 0 atom stereocenters. The highest BCUT2D eigenvalue weighted by Crippen LogP contribution is 2.30. The van der Waals surface area contributed by atoms with Gasteiger partial charge in [0, 0.05) is 0 Å². The van der Waals surface area contributed by atoms with Gasteiger partial charge in [0.2, 0.25) is 0 Å². The summed E-state index contributed by atoms with van der Waals surface area (Å²) in [6, 6.07) is 1.88. The molecule has 1 aliphatic rings. The topological polar surface area (TPSA) is 40.5 Å². The van der Waals surface area contributed by atoms with E-state index in [9.17, 15) is 9.90 Å². The summed E-state index contributed by atoms with van der Waals surface area (Å²) in [5, 5.41) is 9.54. The van der Waals surface area contributed by atoms with Gasteiger partial charge in [-0.3, -0.25) is 4.79 Å². The van der Waals surface area contributed by atoms with Gasteiger partial charge in [0.1, 0.15) is 0 Å². The molecular formula is C10H12BrNO2S. The first-order valence-corrected chi connectivity index (χ1v) is 6.27. The van der Waals surface area contributed by atoms with E-state index >= 15 is 0 Å². The van der Waals surface area contributed by atoms with Crippen LogP contribution in [-0.4, -0.2) is 34.6 Å². The first kappa shape index (κ1) is 11.1. The zero-order valence-electron chi connectivity index (χ0n) is 8.58. The van der Waals surface area contributed by atoms with Crippen LogP contribution in [0.15, 0.2) is 9.85 Å². The van der Waals surface area contributed by atoms with Crippen molar-refractivity contribution in [2.75, 3.05) is 13.1 Å². The Balaban J connectivity index is 2.10. The van der Waals surface area contributed by atoms with Crippen LogP contribution in [0.4, 0.5) is 0 Å². The van der Waals surface area contributed by atoms with E-state index in [2.05, 4.69) is 15.9 Å². The van der Waals surface area contributed by atoms with Crippen LogP contribution in [0.2, 0.25) is 0 Å². The van der Waals surface area contributed by atoms with E-state index < -0.39 is 5.60 Å². The highest BCUT2D eigenvalue weighted by atomic mass is 79.9. The Hall–Kier alpha value is -0.390. The lowest BCUT2D eigenvalue weighted by Crippen LogP contribution is -2.61. The Morgan fingerprint density at radius 2 is 2.27 bits per heavy atom. The second kappa shape index (κ2) is 3.57. The van der Waals surface area contributed by atoms with Gasteiger partial charge >= 0.3 is 0 Å². The average Bonchev–Trinajstić information content (AvgIpc) is 2.42. The van der Waals surface area contributed by atoms with Crippen LogP contribution in [0.3, 0.4) is 0 Å². The molecule has 0 spiro atoms. The Morgan fingerprint density at radius 1 is 1.67 bits per heavy atom. The second-order valence-electron chi connectivity index (χ2n) is 4.23. The molecule has 1 aromatic rings. The number of amides is 1. The molecule has 1 fully saturated rings. The molecule has 1 aromatic heterocycles. The van der Waals surface area contributed by atoms with Gasteiger partial charge in [0.05, 0.1) is 27.4 Å². The molecule has 15 heavy (non-hydrogen) atoms. The molecule has 82 valence electrons. The van der Waals surface area contributed by atoms with Crippen molar-refractivity contribution in [2.45, 2.75) is 19.4 Å². The van der Waals surface area contributed by atoms with Crippen LogP contribution in [-0.2, 0) is 0 Å². The maximum Gasteiger partial charge on any atom is 0.264 e. The zero-order valence-corrected chi connectivity index (χ0v) is 11.0. The van der Waals surface area contributed by atoms with Crippen molar-refractivity contribution in [2.24, 2.45) is 0 Å². The minimum atomic E-state index is -0.695. The molecule has 0 aliphatic carbocycles. The minimum Gasteiger partial charge on any atom is -0.386 e. The van der Waals surface area contributed by atoms with E-state index in [0.29, 0.717) is 13.1 Å². The van der Waals surface area contributed by atoms with Gasteiger partial charge in [-0.1, -0.05) is 0 Å². The Labute approximate surface area is 101 Å². The number of halogens is 1. The summed E-state index contributed by atoms with van der Waals surface area (Å²) in [6.07, 6.45) is 0. The lowest BCUT2D eigenvalue weighted by Gasteiger charge is -2.43. The number of carbonyl (C=O) groups is 1. The predicted molar refractivity (Wildman–Crippen MR) is 63.3 cm³/mol. The molecule has 0 aromatic carbocycles. The van der Waals surface area contributed by atoms with Crippen molar-refractivity contribution in [1.29, 1.82) is 0 Å². The minimum absolute atomic E-state index is 0.0142. The molecule has 0 bridgehead atoms. The largest absolute Gasteiger partial charge is 0.386 e. The number of aliphatic hydroxyl groups is 1. The van der Waals surface area contributed by atoms with Crippen molar-refractivity contribution >= 4 is 33.2 Å². The van der Waals surface area contributed by atoms with Crippen LogP contribution in [0.5, 0.6) is 0 Å². The number of likely N-dealkylation sites (tertiary alicyclic amines) is 1. The fourth-order valence-electron chi connectivity index (χ4n) is 1.64. The highest BCUT2D eigenvalue weighted by Gasteiger charge is 2.40. The summed E-state index contributed by atoms with van der Waals surface area (Å²) in [6.45, 7) is 4.57. The second-order valence-corrected chi connectivity index (χ2v) is 6.60. The lowest BCUT2D eigenvalue weighted by molar-refractivity contribution is -0.0667. The summed E-state index contributed by atoms with van der Waals surface area (Å²) >= 11 is 4.84. The zero-order chi connectivity index (χ0) is 11.2. The third-order valence-corrected chi connectivity index (χ3v) is 4.54. The fraction of sp³-hybridized carbons (Fsp3) is 0.500. The van der Waals surface area contributed by atoms with E-state index in [4.69, 9.17) is 0 Å². The first-order chi connectivity index (χ1) is 6.89. The number of β-amino-alcohol motifs (C(OH)–C–C–N with tert-alkyl or cyclic N) is 1. The lowest BCUT2D eigenvalue weighted by atomic mass is 9.97. The average molecular weight is 290 g/mol. The Morgan fingerprint density at radius 3 is 2.67 bits per heavy atom. The van der Waals surface area contributed by atoms with Crippen LogP contribution in [0, 0.1) is 6.92 Å². The maximum absolute atomic E-state index is 11.9. The third kappa shape index (κ3) is 2.09. The summed E-state index contributed by atoms with van der Waals surface area (Å²) < 4.78 is 0.998. The van der Waals surface area contributed by atoms with Crippen molar-refractivity contribution in [1.82, 2.24) is 4.90 Å². The molecule has 1 N–H and O–H groups in total. The third-order valence-electron chi connectivity index (χ3n) is 2.42. The molecule has 0 unspecified atom stereocenters. The SMILES string of the molecule is Cc1cc(C(=O)N2CC(C)(O)C2)sc1Br. The van der Waals surface area contributed by atoms with Crippen molar-refractivity contribution in [3.8, 4) is 0 Å². The Bertz CT molecular complexity index is 386. The van der Waals surface area contributed by atoms with Gasteiger partial charge in [-0.15, -0.1) is 11.3 Å². The summed E-state index contributed by atoms with van der Waals surface area (Å²) in [5.41, 5.74) is 0.384. The van der Waals surface area contributed by atoms with Gasteiger partial charge in [0.15, 0.2) is 0 Å². The Kier molecular flexibility index (Phi) is 2.65. The standard InChI is InChI=1S/C10H12BrNO2S/c1-6-3-7(15-8(6)11)9(13)12-4-10(2,14)5-12/h3,14H,4-5H2,1-2H3. The quantitative estimate of drug-likeness (QED) is 0.859. The molecule has 2 rings (SSSR count). The van der Waals surface area contributed by atoms with E-state index in [-0.39, 0.29) is 5.91 Å². The van der Waals surface area contributed by atoms with Crippen LogP contribution in [0.1, 0.15) is 22.2 Å². The van der Waals surface area contributed by atoms with E-state index in [1.165, 1.54) is 11.3 Å². The van der Waals surface area contributed by atoms with Gasteiger partial charge in [-0.25, -0.2) is 0 Å². The van der Waals surface area contributed by atoms with Crippen LogP contribution >= 0.6 is 27.3 Å². The van der Waals surface area contributed by atoms with Crippen molar-refractivity contribution in [3.63, 3.8) is 0 Å². The van der Waals surface area contributed by atoms with Crippen LogP contribution in [0.25, 0.3) is 0 Å². The molecule has 1 aliphatic heterocycles. The number of hydrogen-bond acceptors (Lipinski definition) is 3. The van der Waals surface area contributed by atoms with Gasteiger partial charge in [-0.05, 0) is 41.4 Å². The molecule has 0 radical (unpaired) electrons. The summed E-state index contributed by atoms with van der Waals surface area (Å²) in [7, 11) is 0. The van der Waals surface area contributed by atoms with Crippen LogP contribution < -0.4 is 0 Å². The summed E-state index contributed by atoms with van der Waals surface area (Å²) in [5.74, 6) is 0.0142. The normalized spacial score (nSPS) is 18.8. The smallest absolute Gasteiger partial charge is 0.264 e. The molecule has 1 saturated heterocycles. The number of rotatable bonds is 1. The van der Waals surface area contributed by atoms with Gasteiger partial charge < -0.3 is 10.0 Å². The summed E-state index contributed by atoms with van der Waals surface area (Å²) in [4.78, 5) is 14.3. The molecule has 0 saturated carbocycles. The number of thiophene rings is 1. The first-order valence-electron chi connectivity index (χ1n) is 4.67. The maximum atomic E-state index is 11.9. The van der Waals surface area contributed by atoms with Crippen molar-refractivity contribution < 1.29 is 9.90 Å². The number of aryl methyl sites for hydroxylation is 1. The van der Waals surface area contributed by atoms with Gasteiger partial charge in [-0.2, -0.15) is 0 Å². The molecule has 1 amide bonds. The monoisotopic (exact) mass is 289 g/mol. The van der Waals surface area contributed by atoms with Gasteiger partial charge in [0.25, 0.3) is 5.91 Å². The molecule has 5 heteroatoms. The number of carbonyl (C=O) groups excluding carboxylic acids is 1. The van der Waals surface area contributed by atoms with E-state index in [1.54, 1.807) is 11.8 Å². The van der Waals surface area contributed by atoms with E-state index in [1.807, 2.05) is 13.0 Å². The predicted octanol–water partition coefficient (Wildman–Crippen LogP) is 2.03. The highest BCUT2D eigenvalue weighted by molar-refractivity contribution is 9.11. The van der Waals surface area contributed by atoms with Crippen molar-refractivity contribution in [3.05, 3.63) is 20.3 Å². The number of hydrogen-bond donors (Lipinski definition) is 1. The molecule has 2 heterocycles. The molecular weight excluding hydrogens is 278 g/mol.